The highest BCUT2D eigenvalue weighted by atomic mass is 35.5. The average Bonchev–Trinajstić information content (AvgIpc) is 3.69. The van der Waals surface area contributed by atoms with Crippen molar-refractivity contribution in [1.82, 2.24) is 30.0 Å². The fourth-order valence-corrected chi connectivity index (χ4v) is 7.51. The van der Waals surface area contributed by atoms with E-state index in [1.165, 1.54) is 12.1 Å². The van der Waals surface area contributed by atoms with Crippen LogP contribution in [0.5, 0.6) is 0 Å². The van der Waals surface area contributed by atoms with Crippen LogP contribution < -0.4 is 21.3 Å². The number of carbonyl (C=O) groups is 1. The predicted octanol–water partition coefficient (Wildman–Crippen LogP) is 4.72. The lowest BCUT2D eigenvalue weighted by Crippen LogP contribution is -2.48. The highest BCUT2D eigenvalue weighted by Crippen LogP contribution is 2.43. The van der Waals surface area contributed by atoms with Crippen LogP contribution in [0.2, 0.25) is 5.02 Å². The number of amides is 1. The average molecular weight is 680 g/mol. The fourth-order valence-electron chi connectivity index (χ4n) is 6.45. The Morgan fingerprint density at radius 3 is 2.62 bits per heavy atom. The van der Waals surface area contributed by atoms with Gasteiger partial charge >= 0.3 is 0 Å². The van der Waals surface area contributed by atoms with E-state index in [0.29, 0.717) is 49.5 Å². The molecule has 4 aromatic rings. The highest BCUT2D eigenvalue weighted by molar-refractivity contribution is 7.22. The van der Waals surface area contributed by atoms with Crippen molar-refractivity contribution < 1.29 is 13.6 Å². The second-order valence-corrected chi connectivity index (χ2v) is 13.4. The van der Waals surface area contributed by atoms with Gasteiger partial charge in [-0.05, 0) is 24.6 Å². The molecule has 5 heterocycles. The van der Waals surface area contributed by atoms with Crippen LogP contribution in [0.4, 0.5) is 25.4 Å². The molecule has 0 saturated carbocycles. The number of hydrogen-bond acceptors (Lipinski definition) is 10. The van der Waals surface area contributed by atoms with Crippen LogP contribution in [0.3, 0.4) is 0 Å². The molecule has 10 nitrogen and oxygen atoms in total. The van der Waals surface area contributed by atoms with Gasteiger partial charge in [-0.1, -0.05) is 29.0 Å². The van der Waals surface area contributed by atoms with Gasteiger partial charge in [0.15, 0.2) is 10.9 Å². The first-order valence-electron chi connectivity index (χ1n) is 15.8. The first-order chi connectivity index (χ1) is 22.8. The monoisotopic (exact) mass is 679 g/mol. The van der Waals surface area contributed by atoms with E-state index in [-0.39, 0.29) is 37.4 Å². The summed E-state index contributed by atoms with van der Waals surface area (Å²) >= 11 is 7.84. The van der Waals surface area contributed by atoms with E-state index < -0.39 is 11.6 Å². The van der Waals surface area contributed by atoms with E-state index in [1.807, 2.05) is 24.2 Å². The summed E-state index contributed by atoms with van der Waals surface area (Å²) in [5.74, 6) is -0.613. The number of thiazole rings is 1. The van der Waals surface area contributed by atoms with Gasteiger partial charge < -0.3 is 36.0 Å². The van der Waals surface area contributed by atoms with E-state index in [4.69, 9.17) is 22.3 Å². The number of pyridine rings is 1. The molecule has 3 aliphatic rings. The number of fused-ring (bicyclic) bond motifs is 2. The third kappa shape index (κ3) is 6.27. The zero-order valence-corrected chi connectivity index (χ0v) is 27.6. The molecule has 47 heavy (non-hydrogen) atoms. The minimum Gasteiger partial charge on any atom is -0.376 e. The van der Waals surface area contributed by atoms with Crippen LogP contribution in [0.15, 0.2) is 48.3 Å². The van der Waals surface area contributed by atoms with Crippen molar-refractivity contribution in [2.45, 2.75) is 6.42 Å². The van der Waals surface area contributed by atoms with E-state index in [0.717, 1.165) is 61.9 Å². The van der Waals surface area contributed by atoms with Crippen LogP contribution in [0.25, 0.3) is 32.2 Å². The van der Waals surface area contributed by atoms with E-state index in [9.17, 15) is 9.18 Å². The zero-order valence-electron chi connectivity index (χ0n) is 26.0. The van der Waals surface area contributed by atoms with Crippen molar-refractivity contribution in [2.75, 3.05) is 88.4 Å². The van der Waals surface area contributed by atoms with Crippen molar-refractivity contribution in [1.29, 1.82) is 0 Å². The topological polar surface area (TPSA) is 106 Å². The minimum atomic E-state index is -0.624. The largest absolute Gasteiger partial charge is 0.376 e. The number of likely N-dealkylation sites (N-methyl/N-ethyl adjacent to an activating group) is 1. The van der Waals surface area contributed by atoms with Crippen molar-refractivity contribution >= 4 is 66.6 Å². The molecule has 0 atom stereocenters. The summed E-state index contributed by atoms with van der Waals surface area (Å²) in [5.41, 5.74) is 8.65. The quantitative estimate of drug-likeness (QED) is 0.239. The van der Waals surface area contributed by atoms with Crippen LogP contribution in [-0.4, -0.2) is 103 Å². The molecule has 4 N–H and O–H groups in total. The molecule has 2 aromatic heterocycles. The van der Waals surface area contributed by atoms with Crippen molar-refractivity contribution in [2.24, 2.45) is 0 Å². The number of nitrogens with two attached hydrogens (primary N) is 1. The molecule has 0 aliphatic carbocycles. The number of piperazine rings is 2. The predicted molar refractivity (Wildman–Crippen MR) is 186 cm³/mol. The Morgan fingerprint density at radius 1 is 1.09 bits per heavy atom. The van der Waals surface area contributed by atoms with Gasteiger partial charge in [0, 0.05) is 107 Å². The summed E-state index contributed by atoms with van der Waals surface area (Å²) in [7, 11) is 2.04. The zero-order chi connectivity index (χ0) is 32.7. The van der Waals surface area contributed by atoms with E-state index >= 15 is 4.39 Å². The van der Waals surface area contributed by atoms with Gasteiger partial charge in [-0.15, -0.1) is 0 Å². The number of anilines is 3. The van der Waals surface area contributed by atoms with Crippen LogP contribution >= 0.6 is 22.9 Å². The third-order valence-corrected chi connectivity index (χ3v) is 10.2. The molecular formula is C33H36ClF2N9OS. The summed E-state index contributed by atoms with van der Waals surface area (Å²) in [5, 5.41) is 7.59. The van der Waals surface area contributed by atoms with Crippen LogP contribution in [-0.2, 0) is 4.79 Å². The molecule has 0 spiro atoms. The fraction of sp³-hybridized carbons (Fsp3) is 0.364. The number of nitrogens with one attached hydrogen (secondary N) is 2. The maximum absolute atomic E-state index is 16.8. The van der Waals surface area contributed by atoms with Gasteiger partial charge in [-0.2, -0.15) is 0 Å². The number of hydrogen-bond donors (Lipinski definition) is 3. The molecule has 2 fully saturated rings. The molecule has 0 radical (unpaired) electrons. The maximum Gasteiger partial charge on any atom is 0.248 e. The first-order valence-corrected chi connectivity index (χ1v) is 16.9. The maximum atomic E-state index is 16.8. The molecule has 1 amide bonds. The number of rotatable bonds is 7. The van der Waals surface area contributed by atoms with Crippen LogP contribution in [0, 0.1) is 11.6 Å². The number of nitrogen functional groups attached to an aromatic ring is 1. The number of nitrogens with zero attached hydrogens (tertiary/aromatic N) is 6. The Balaban J connectivity index is 1.23. The van der Waals surface area contributed by atoms with E-state index in [1.54, 1.807) is 12.1 Å². The van der Waals surface area contributed by atoms with Gasteiger partial charge in [-0.25, -0.2) is 18.7 Å². The Bertz CT molecular complexity index is 1900. The molecule has 0 bridgehead atoms. The van der Waals surface area contributed by atoms with Gasteiger partial charge in [0.1, 0.15) is 17.2 Å². The van der Waals surface area contributed by atoms with Gasteiger partial charge in [0.05, 0.1) is 27.5 Å². The lowest BCUT2D eigenvalue weighted by atomic mass is 10.00. The molecule has 246 valence electrons. The Kier molecular flexibility index (Phi) is 8.77. The Hall–Kier alpha value is -4.20. The number of carbonyl (C=O) groups excluding carboxylic acids is 1. The van der Waals surface area contributed by atoms with E-state index in [2.05, 4.69) is 36.4 Å². The summed E-state index contributed by atoms with van der Waals surface area (Å²) < 4.78 is 31.6. The molecular weight excluding hydrogens is 644 g/mol. The first kappa shape index (κ1) is 31.4. The van der Waals surface area contributed by atoms with Gasteiger partial charge in [0.2, 0.25) is 5.91 Å². The van der Waals surface area contributed by atoms with Crippen molar-refractivity contribution in [3.63, 3.8) is 0 Å². The highest BCUT2D eigenvalue weighted by Gasteiger charge is 2.26. The lowest BCUT2D eigenvalue weighted by molar-refractivity contribution is -0.126. The molecule has 2 saturated heterocycles. The minimum absolute atomic E-state index is 0.0221. The van der Waals surface area contributed by atoms with Gasteiger partial charge in [-0.3, -0.25) is 4.79 Å². The smallest absolute Gasteiger partial charge is 0.248 e. The third-order valence-electron chi connectivity index (χ3n) is 9.05. The number of halogens is 3. The normalized spacial score (nSPS) is 17.4. The summed E-state index contributed by atoms with van der Waals surface area (Å²) in [6, 6.07) is 6.39. The molecule has 7 rings (SSSR count). The summed E-state index contributed by atoms with van der Waals surface area (Å²) in [6.07, 6.45) is 6.69. The Morgan fingerprint density at radius 2 is 1.87 bits per heavy atom. The number of benzene rings is 2. The Labute approximate surface area is 280 Å². The van der Waals surface area contributed by atoms with Crippen LogP contribution in [0.1, 0.15) is 6.42 Å². The molecule has 0 unspecified atom stereocenters. The molecule has 3 aliphatic heterocycles. The van der Waals surface area contributed by atoms with Gasteiger partial charge in [0.25, 0.3) is 0 Å². The van der Waals surface area contributed by atoms with Crippen molar-refractivity contribution in [3.05, 3.63) is 65.0 Å². The summed E-state index contributed by atoms with van der Waals surface area (Å²) in [4.78, 5) is 30.4. The molecule has 14 heteroatoms. The molecule has 2 aromatic carbocycles. The lowest BCUT2D eigenvalue weighted by Gasteiger charge is -2.36. The second kappa shape index (κ2) is 13.1. The summed E-state index contributed by atoms with van der Waals surface area (Å²) in [6.45, 7) is 7.19. The SMILES string of the molecule is CN1CCC=C1CNc1cc(N2CCN(C(=O)C=CN3CCNCC3)CC2)c2cc(Cl)c(-c3ccc(F)c4sc(N)nc34)c(F)c2n1. The standard InChI is InChI=1S/C33H36ClF2N9OS/c1-42-9-2-3-20(42)19-39-26-18-25(44-13-15-45(16-14-44)27(46)6-10-43-11-7-38-8-12-43)22-17-23(34)28(29(36)30(22)40-26)21-4-5-24(35)32-31(21)41-33(37)47-32/h3-6,10,17-18,38H,2,7-9,11-16,19H2,1H3,(H2,37,41)(H,39,40). The van der Waals surface area contributed by atoms with Crippen molar-refractivity contribution in [3.8, 4) is 11.1 Å². The second-order valence-electron chi connectivity index (χ2n) is 12.0. The number of aromatic nitrogens is 2.